The molecule has 1 saturated carbocycles. The van der Waals surface area contributed by atoms with Crippen LogP contribution in [0.5, 0.6) is 0 Å². The Labute approximate surface area is 144 Å². The van der Waals surface area contributed by atoms with Gasteiger partial charge in [0.1, 0.15) is 5.54 Å². The average molecular weight is 350 g/mol. The van der Waals surface area contributed by atoms with Gasteiger partial charge < -0.3 is 14.4 Å². The van der Waals surface area contributed by atoms with Crippen LogP contribution in [0.15, 0.2) is 14.7 Å². The monoisotopic (exact) mass is 350 g/mol. The molecule has 0 unspecified atom stereocenters. The summed E-state index contributed by atoms with van der Waals surface area (Å²) in [6, 6.07) is 0. The third kappa shape index (κ3) is 3.43. The number of carbonyl (C=O) groups is 1. The number of thiazole rings is 1. The van der Waals surface area contributed by atoms with Crippen molar-refractivity contribution in [2.75, 3.05) is 0 Å². The Kier molecular flexibility index (Phi) is 4.84. The molecule has 1 aliphatic rings. The van der Waals surface area contributed by atoms with Gasteiger partial charge in [0.05, 0.1) is 0 Å². The summed E-state index contributed by atoms with van der Waals surface area (Å²) in [4.78, 5) is 27.9. The molecule has 0 atom stereocenters. The first-order chi connectivity index (χ1) is 11.5. The zero-order chi connectivity index (χ0) is 17.2. The number of aromatic nitrogens is 3. The molecule has 0 aromatic carbocycles. The van der Waals surface area contributed by atoms with Gasteiger partial charge in [0.2, 0.25) is 11.8 Å². The van der Waals surface area contributed by atoms with Gasteiger partial charge in [-0.1, -0.05) is 35.8 Å². The fraction of sp³-hybridized carbons (Fsp3) is 0.625. The lowest BCUT2D eigenvalue weighted by atomic mass is 9.81. The third-order valence-corrected chi connectivity index (χ3v) is 5.43. The fourth-order valence-electron chi connectivity index (χ4n) is 3.33. The van der Waals surface area contributed by atoms with E-state index in [9.17, 15) is 9.59 Å². The van der Waals surface area contributed by atoms with E-state index in [4.69, 9.17) is 4.52 Å². The van der Waals surface area contributed by atoms with Crippen molar-refractivity contribution in [2.24, 2.45) is 0 Å². The van der Waals surface area contributed by atoms with Crippen LogP contribution in [0.3, 0.4) is 0 Å². The maximum absolute atomic E-state index is 11.8. The van der Waals surface area contributed by atoms with Crippen molar-refractivity contribution in [3.8, 4) is 0 Å². The Morgan fingerprint density at radius 3 is 2.79 bits per heavy atom. The van der Waals surface area contributed by atoms with Crippen LogP contribution in [0.2, 0.25) is 0 Å². The molecule has 2 aromatic rings. The van der Waals surface area contributed by atoms with E-state index in [2.05, 4.69) is 15.5 Å². The molecule has 1 N–H and O–H groups in total. The minimum absolute atomic E-state index is 0.0224. The first-order valence-electron chi connectivity index (χ1n) is 8.27. The predicted molar refractivity (Wildman–Crippen MR) is 89.9 cm³/mol. The van der Waals surface area contributed by atoms with Crippen LogP contribution < -0.4 is 10.2 Å². The Morgan fingerprint density at radius 1 is 1.42 bits per heavy atom. The van der Waals surface area contributed by atoms with Crippen molar-refractivity contribution in [3.05, 3.63) is 32.5 Å². The van der Waals surface area contributed by atoms with Gasteiger partial charge in [0, 0.05) is 31.0 Å². The summed E-state index contributed by atoms with van der Waals surface area (Å²) in [6.45, 7) is 3.94. The predicted octanol–water partition coefficient (Wildman–Crippen LogP) is 2.14. The number of rotatable bonds is 5. The second kappa shape index (κ2) is 6.88. The second-order valence-corrected chi connectivity index (χ2v) is 7.20. The fourth-order valence-corrected chi connectivity index (χ4v) is 4.09. The molecule has 0 spiro atoms. The Morgan fingerprint density at radius 2 is 2.17 bits per heavy atom. The lowest BCUT2D eigenvalue weighted by Crippen LogP contribution is -2.47. The molecule has 8 heteroatoms. The summed E-state index contributed by atoms with van der Waals surface area (Å²) < 4.78 is 7.09. The maximum atomic E-state index is 11.8. The number of carbonyl (C=O) groups excluding carboxylic acids is 1. The van der Waals surface area contributed by atoms with Crippen LogP contribution in [-0.2, 0) is 23.3 Å². The van der Waals surface area contributed by atoms with Crippen molar-refractivity contribution >= 4 is 17.2 Å². The normalized spacial score (nSPS) is 16.9. The first-order valence-corrected chi connectivity index (χ1v) is 9.15. The number of aryl methyl sites for hydroxylation is 2. The van der Waals surface area contributed by atoms with Gasteiger partial charge in [0.25, 0.3) is 0 Å². The summed E-state index contributed by atoms with van der Waals surface area (Å²) in [5.41, 5.74) is 0.424. The second-order valence-electron chi connectivity index (χ2n) is 6.38. The molecule has 24 heavy (non-hydrogen) atoms. The standard InChI is InChI=1S/C16H22N4O3S/c1-11-10-24-15(22)20(11)9-6-13-17-14(19-23-13)16(18-12(2)21)7-4-3-5-8-16/h10H,3-9H2,1-2H3,(H,18,21). The zero-order valence-corrected chi connectivity index (χ0v) is 14.8. The van der Waals surface area contributed by atoms with E-state index in [0.29, 0.717) is 24.7 Å². The van der Waals surface area contributed by atoms with E-state index >= 15 is 0 Å². The van der Waals surface area contributed by atoms with E-state index in [0.717, 1.165) is 37.8 Å². The van der Waals surface area contributed by atoms with Gasteiger partial charge in [-0.3, -0.25) is 9.59 Å². The molecule has 0 radical (unpaired) electrons. The van der Waals surface area contributed by atoms with Gasteiger partial charge in [-0.25, -0.2) is 0 Å². The van der Waals surface area contributed by atoms with Crippen molar-refractivity contribution in [1.82, 2.24) is 20.0 Å². The number of nitrogens with one attached hydrogen (secondary N) is 1. The highest BCUT2D eigenvalue weighted by atomic mass is 32.1. The van der Waals surface area contributed by atoms with Gasteiger partial charge in [-0.2, -0.15) is 4.98 Å². The highest BCUT2D eigenvalue weighted by Gasteiger charge is 2.39. The molecule has 1 fully saturated rings. The van der Waals surface area contributed by atoms with Crippen LogP contribution in [0, 0.1) is 6.92 Å². The van der Waals surface area contributed by atoms with Crippen molar-refractivity contribution < 1.29 is 9.32 Å². The summed E-state index contributed by atoms with van der Waals surface area (Å²) in [7, 11) is 0. The van der Waals surface area contributed by atoms with Crippen LogP contribution in [0.25, 0.3) is 0 Å². The van der Waals surface area contributed by atoms with Crippen molar-refractivity contribution in [2.45, 2.75) is 64.5 Å². The Hall–Kier alpha value is -1.96. The van der Waals surface area contributed by atoms with Crippen LogP contribution in [0.4, 0.5) is 0 Å². The van der Waals surface area contributed by atoms with Crippen molar-refractivity contribution in [3.63, 3.8) is 0 Å². The van der Waals surface area contributed by atoms with E-state index in [1.165, 1.54) is 18.3 Å². The molecule has 0 aliphatic heterocycles. The van der Waals surface area contributed by atoms with Crippen LogP contribution in [-0.4, -0.2) is 20.6 Å². The molecule has 1 aliphatic carbocycles. The lowest BCUT2D eigenvalue weighted by Gasteiger charge is -2.34. The highest BCUT2D eigenvalue weighted by molar-refractivity contribution is 7.07. The SMILES string of the molecule is CC(=O)NC1(c2noc(CCn3c(C)csc3=O)n2)CCCCC1. The number of hydrogen-bond donors (Lipinski definition) is 1. The van der Waals surface area contributed by atoms with Crippen molar-refractivity contribution in [1.29, 1.82) is 0 Å². The quantitative estimate of drug-likeness (QED) is 0.892. The van der Waals surface area contributed by atoms with Gasteiger partial charge in [0.15, 0.2) is 5.82 Å². The summed E-state index contributed by atoms with van der Waals surface area (Å²) >= 11 is 1.19. The minimum atomic E-state index is -0.513. The van der Waals surface area contributed by atoms with E-state index in [-0.39, 0.29) is 10.8 Å². The van der Waals surface area contributed by atoms with Crippen LogP contribution >= 0.6 is 11.3 Å². The number of nitrogens with zero attached hydrogens (tertiary/aromatic N) is 3. The molecule has 7 nitrogen and oxygen atoms in total. The molecular formula is C16H22N4O3S. The lowest BCUT2D eigenvalue weighted by molar-refractivity contribution is -0.121. The highest BCUT2D eigenvalue weighted by Crippen LogP contribution is 2.35. The summed E-state index contributed by atoms with van der Waals surface area (Å²) in [5.74, 6) is 0.975. The number of hydrogen-bond acceptors (Lipinski definition) is 6. The summed E-state index contributed by atoms with van der Waals surface area (Å²) in [6.07, 6.45) is 5.39. The molecule has 3 rings (SSSR count). The third-order valence-electron chi connectivity index (χ3n) is 4.54. The van der Waals surface area contributed by atoms with E-state index in [1.54, 1.807) is 4.57 Å². The smallest absolute Gasteiger partial charge is 0.307 e. The Balaban J connectivity index is 1.76. The van der Waals surface area contributed by atoms with E-state index in [1.807, 2.05) is 12.3 Å². The Bertz CT molecular complexity index is 770. The van der Waals surface area contributed by atoms with Gasteiger partial charge in [-0.05, 0) is 19.8 Å². The number of amides is 1. The topological polar surface area (TPSA) is 90.0 Å². The zero-order valence-electron chi connectivity index (χ0n) is 14.0. The maximum Gasteiger partial charge on any atom is 0.307 e. The molecule has 1 amide bonds. The molecule has 0 saturated heterocycles. The average Bonchev–Trinajstić information content (AvgIpc) is 3.14. The first kappa shape index (κ1) is 16.9. The molecule has 2 heterocycles. The van der Waals surface area contributed by atoms with Gasteiger partial charge in [-0.15, -0.1) is 0 Å². The molecule has 0 bridgehead atoms. The molecular weight excluding hydrogens is 328 g/mol. The summed E-state index contributed by atoms with van der Waals surface area (Å²) in [5, 5.41) is 9.00. The van der Waals surface area contributed by atoms with Gasteiger partial charge >= 0.3 is 4.87 Å². The largest absolute Gasteiger partial charge is 0.343 e. The van der Waals surface area contributed by atoms with Crippen LogP contribution in [0.1, 0.15) is 56.4 Å². The minimum Gasteiger partial charge on any atom is -0.343 e. The molecule has 2 aromatic heterocycles. The van der Waals surface area contributed by atoms with E-state index < -0.39 is 5.54 Å². The molecule has 130 valence electrons.